The van der Waals surface area contributed by atoms with Gasteiger partial charge in [-0.05, 0) is 33.1 Å². The van der Waals surface area contributed by atoms with E-state index in [9.17, 15) is 4.79 Å². The summed E-state index contributed by atoms with van der Waals surface area (Å²) in [5.41, 5.74) is -0.563. The number of imidazole rings is 1. The summed E-state index contributed by atoms with van der Waals surface area (Å²) < 4.78 is 7.29. The van der Waals surface area contributed by atoms with Gasteiger partial charge in [0.1, 0.15) is 11.4 Å². The molecule has 1 aliphatic carbocycles. The molecule has 21 heavy (non-hydrogen) atoms. The minimum atomic E-state index is -0.563. The van der Waals surface area contributed by atoms with E-state index in [4.69, 9.17) is 4.74 Å². The summed E-state index contributed by atoms with van der Waals surface area (Å²) in [6.45, 7) is 8.42. The predicted octanol–water partition coefficient (Wildman–Crippen LogP) is 2.64. The standard InChI is InChI=1S/C16H27N3O2/c1-11(2)14-17-8-9-19(14)13-6-7-16(10-13,15(20)21-5)18-12(3)4/h8-9,11-13,18H,6-7,10H2,1-5H3. The summed E-state index contributed by atoms with van der Waals surface area (Å²) in [6, 6.07) is 0.547. The van der Waals surface area contributed by atoms with E-state index in [-0.39, 0.29) is 12.0 Å². The van der Waals surface area contributed by atoms with Crippen LogP contribution in [0.25, 0.3) is 0 Å². The molecule has 2 atom stereocenters. The average molecular weight is 293 g/mol. The highest BCUT2D eigenvalue weighted by atomic mass is 16.5. The zero-order valence-corrected chi connectivity index (χ0v) is 13.7. The molecule has 0 radical (unpaired) electrons. The number of hydrogen-bond acceptors (Lipinski definition) is 4. The van der Waals surface area contributed by atoms with Crippen LogP contribution in [0.5, 0.6) is 0 Å². The molecule has 1 aliphatic rings. The van der Waals surface area contributed by atoms with E-state index in [2.05, 4.69) is 42.6 Å². The molecule has 0 saturated heterocycles. The van der Waals surface area contributed by atoms with Gasteiger partial charge < -0.3 is 9.30 Å². The van der Waals surface area contributed by atoms with Crippen LogP contribution in [0.2, 0.25) is 0 Å². The molecule has 118 valence electrons. The SMILES string of the molecule is COC(=O)C1(NC(C)C)CCC(n2ccnc2C(C)C)C1. The number of ether oxygens (including phenoxy) is 1. The first-order valence-electron chi connectivity index (χ1n) is 7.78. The van der Waals surface area contributed by atoms with Crippen LogP contribution < -0.4 is 5.32 Å². The molecule has 5 nitrogen and oxygen atoms in total. The summed E-state index contributed by atoms with van der Waals surface area (Å²) in [4.78, 5) is 16.8. The van der Waals surface area contributed by atoms with E-state index in [1.807, 2.05) is 12.4 Å². The van der Waals surface area contributed by atoms with Crippen molar-refractivity contribution in [2.75, 3.05) is 7.11 Å². The van der Waals surface area contributed by atoms with Crippen molar-refractivity contribution in [2.24, 2.45) is 0 Å². The molecule has 0 aromatic carbocycles. The van der Waals surface area contributed by atoms with E-state index in [0.29, 0.717) is 12.0 Å². The molecule has 0 spiro atoms. The molecule has 0 aliphatic heterocycles. The molecule has 0 bridgehead atoms. The molecule has 1 aromatic heterocycles. The molecule has 5 heteroatoms. The maximum absolute atomic E-state index is 12.3. The van der Waals surface area contributed by atoms with Crippen LogP contribution in [0.4, 0.5) is 0 Å². The Labute approximate surface area is 127 Å². The Hall–Kier alpha value is -1.36. The highest BCUT2D eigenvalue weighted by Gasteiger charge is 2.47. The second-order valence-corrected chi connectivity index (χ2v) is 6.62. The molecule has 2 unspecified atom stereocenters. The van der Waals surface area contributed by atoms with Crippen LogP contribution in [0.3, 0.4) is 0 Å². The third kappa shape index (κ3) is 3.12. The number of rotatable bonds is 5. The highest BCUT2D eigenvalue weighted by molar-refractivity contribution is 5.81. The first-order valence-corrected chi connectivity index (χ1v) is 7.78. The number of hydrogen-bond donors (Lipinski definition) is 1. The summed E-state index contributed by atoms with van der Waals surface area (Å²) in [5, 5.41) is 3.44. The maximum Gasteiger partial charge on any atom is 0.326 e. The van der Waals surface area contributed by atoms with Gasteiger partial charge in [0, 0.05) is 30.4 Å². The van der Waals surface area contributed by atoms with Crippen LogP contribution in [-0.2, 0) is 9.53 Å². The van der Waals surface area contributed by atoms with Gasteiger partial charge in [-0.15, -0.1) is 0 Å². The van der Waals surface area contributed by atoms with Gasteiger partial charge in [0.15, 0.2) is 0 Å². The van der Waals surface area contributed by atoms with E-state index in [1.54, 1.807) is 0 Å². The van der Waals surface area contributed by atoms with Crippen LogP contribution in [0.1, 0.15) is 64.7 Å². The average Bonchev–Trinajstić information content (AvgIpc) is 3.03. The molecule has 1 N–H and O–H groups in total. The van der Waals surface area contributed by atoms with E-state index in [0.717, 1.165) is 25.1 Å². The summed E-state index contributed by atoms with van der Waals surface area (Å²) in [6.07, 6.45) is 6.41. The van der Waals surface area contributed by atoms with Crippen molar-refractivity contribution in [2.45, 2.75) is 70.5 Å². The third-order valence-corrected chi connectivity index (χ3v) is 4.24. The van der Waals surface area contributed by atoms with Crippen molar-refractivity contribution in [3.63, 3.8) is 0 Å². The first-order chi connectivity index (χ1) is 9.89. The number of esters is 1. The number of nitrogens with one attached hydrogen (secondary N) is 1. The predicted molar refractivity (Wildman–Crippen MR) is 82.2 cm³/mol. The topological polar surface area (TPSA) is 56.1 Å². The largest absolute Gasteiger partial charge is 0.468 e. The molecule has 1 fully saturated rings. The van der Waals surface area contributed by atoms with Gasteiger partial charge in [-0.3, -0.25) is 10.1 Å². The summed E-state index contributed by atoms with van der Waals surface area (Å²) in [7, 11) is 1.47. The maximum atomic E-state index is 12.3. The number of nitrogens with zero attached hydrogens (tertiary/aromatic N) is 2. The van der Waals surface area contributed by atoms with Gasteiger partial charge >= 0.3 is 5.97 Å². The second kappa shape index (κ2) is 6.18. The Balaban J connectivity index is 2.23. The van der Waals surface area contributed by atoms with Gasteiger partial charge in [0.25, 0.3) is 0 Å². The second-order valence-electron chi connectivity index (χ2n) is 6.62. The molecule has 2 rings (SSSR count). The number of aromatic nitrogens is 2. The van der Waals surface area contributed by atoms with Crippen molar-refractivity contribution in [3.05, 3.63) is 18.2 Å². The van der Waals surface area contributed by atoms with Crippen LogP contribution in [0.15, 0.2) is 12.4 Å². The molecular formula is C16H27N3O2. The lowest BCUT2D eigenvalue weighted by atomic mass is 9.96. The lowest BCUT2D eigenvalue weighted by Gasteiger charge is -2.30. The minimum absolute atomic E-state index is 0.148. The molecule has 1 saturated carbocycles. The quantitative estimate of drug-likeness (QED) is 0.848. The number of carbonyl (C=O) groups is 1. The van der Waals surface area contributed by atoms with Gasteiger partial charge in [-0.1, -0.05) is 13.8 Å². The number of carbonyl (C=O) groups excluding carboxylic acids is 1. The zero-order chi connectivity index (χ0) is 15.6. The normalized spacial score (nSPS) is 25.8. The van der Waals surface area contributed by atoms with Crippen LogP contribution in [-0.4, -0.2) is 34.2 Å². The van der Waals surface area contributed by atoms with Crippen molar-refractivity contribution in [1.29, 1.82) is 0 Å². The summed E-state index contributed by atoms with van der Waals surface area (Å²) >= 11 is 0. The fraction of sp³-hybridized carbons (Fsp3) is 0.750. The van der Waals surface area contributed by atoms with Crippen molar-refractivity contribution in [3.8, 4) is 0 Å². The van der Waals surface area contributed by atoms with Crippen molar-refractivity contribution in [1.82, 2.24) is 14.9 Å². The first kappa shape index (κ1) is 16.0. The lowest BCUT2D eigenvalue weighted by molar-refractivity contribution is -0.148. The zero-order valence-electron chi connectivity index (χ0n) is 13.7. The van der Waals surface area contributed by atoms with Crippen LogP contribution in [0, 0.1) is 0 Å². The Morgan fingerprint density at radius 2 is 2.19 bits per heavy atom. The van der Waals surface area contributed by atoms with Gasteiger partial charge in [-0.25, -0.2) is 4.98 Å². The molecular weight excluding hydrogens is 266 g/mol. The van der Waals surface area contributed by atoms with E-state index in [1.165, 1.54) is 7.11 Å². The monoisotopic (exact) mass is 293 g/mol. The Kier molecular flexibility index (Phi) is 4.71. The van der Waals surface area contributed by atoms with Gasteiger partial charge in [0.05, 0.1) is 7.11 Å². The van der Waals surface area contributed by atoms with E-state index >= 15 is 0 Å². The summed E-state index contributed by atoms with van der Waals surface area (Å²) in [5.74, 6) is 1.32. The van der Waals surface area contributed by atoms with E-state index < -0.39 is 5.54 Å². The molecule has 1 aromatic rings. The van der Waals surface area contributed by atoms with Gasteiger partial charge in [-0.2, -0.15) is 0 Å². The fourth-order valence-electron chi connectivity index (χ4n) is 3.46. The highest BCUT2D eigenvalue weighted by Crippen LogP contribution is 2.40. The Morgan fingerprint density at radius 3 is 2.76 bits per heavy atom. The van der Waals surface area contributed by atoms with Crippen LogP contribution >= 0.6 is 0 Å². The lowest BCUT2D eigenvalue weighted by Crippen LogP contribution is -2.53. The molecule has 1 heterocycles. The third-order valence-electron chi connectivity index (χ3n) is 4.24. The number of methoxy groups -OCH3 is 1. The van der Waals surface area contributed by atoms with Crippen molar-refractivity contribution >= 4 is 5.97 Å². The fourth-order valence-corrected chi connectivity index (χ4v) is 3.46. The Bertz CT molecular complexity index is 495. The molecule has 0 amide bonds. The smallest absolute Gasteiger partial charge is 0.326 e. The Morgan fingerprint density at radius 1 is 1.48 bits per heavy atom. The minimum Gasteiger partial charge on any atom is -0.468 e. The van der Waals surface area contributed by atoms with Crippen molar-refractivity contribution < 1.29 is 9.53 Å². The van der Waals surface area contributed by atoms with Gasteiger partial charge in [0.2, 0.25) is 0 Å².